The number of anilines is 1. The van der Waals surface area contributed by atoms with Crippen molar-refractivity contribution >= 4 is 34.7 Å². The average molecular weight is 308 g/mol. The second-order valence-electron chi connectivity index (χ2n) is 4.43. The molecule has 0 bridgehead atoms. The van der Waals surface area contributed by atoms with Gasteiger partial charge in [0, 0.05) is 12.6 Å². The Morgan fingerprint density at radius 1 is 1.24 bits per heavy atom. The van der Waals surface area contributed by atoms with Crippen LogP contribution in [-0.4, -0.2) is 48.4 Å². The molecule has 21 heavy (non-hydrogen) atoms. The van der Waals surface area contributed by atoms with Crippen molar-refractivity contribution in [3.05, 3.63) is 29.8 Å². The number of likely N-dealkylation sites (N-methyl/N-ethyl adjacent to an activating group) is 2. The summed E-state index contributed by atoms with van der Waals surface area (Å²) >= 11 is 4.95. The van der Waals surface area contributed by atoms with E-state index < -0.39 is 0 Å². The fourth-order valence-electron chi connectivity index (χ4n) is 1.76. The first-order chi connectivity index (χ1) is 9.97. The van der Waals surface area contributed by atoms with Crippen LogP contribution in [0.25, 0.3) is 0 Å². The summed E-state index contributed by atoms with van der Waals surface area (Å²) < 4.78 is 0. The number of nitrogens with two attached hydrogens (primary N) is 1. The van der Waals surface area contributed by atoms with Crippen LogP contribution >= 0.6 is 12.2 Å². The molecule has 0 radical (unpaired) electrons. The summed E-state index contributed by atoms with van der Waals surface area (Å²) in [6.07, 6.45) is 0. The van der Waals surface area contributed by atoms with Gasteiger partial charge in [-0.05, 0) is 18.7 Å². The van der Waals surface area contributed by atoms with Gasteiger partial charge < -0.3 is 16.4 Å². The number of carbonyl (C=O) groups excluding carboxylic acids is 2. The van der Waals surface area contributed by atoms with E-state index in [1.54, 1.807) is 36.2 Å². The molecule has 0 aliphatic rings. The Hall–Kier alpha value is -1.99. The maximum absolute atomic E-state index is 12.1. The van der Waals surface area contributed by atoms with Gasteiger partial charge in [0.25, 0.3) is 0 Å². The molecule has 1 aromatic carbocycles. The van der Waals surface area contributed by atoms with Gasteiger partial charge >= 0.3 is 0 Å². The van der Waals surface area contributed by atoms with Gasteiger partial charge in [-0.2, -0.15) is 0 Å². The third kappa shape index (κ3) is 5.49. The van der Waals surface area contributed by atoms with E-state index in [0.717, 1.165) is 0 Å². The zero-order valence-corrected chi connectivity index (χ0v) is 13.0. The number of para-hydroxylation sites is 1. The van der Waals surface area contributed by atoms with Crippen LogP contribution in [0.1, 0.15) is 12.5 Å². The van der Waals surface area contributed by atoms with Crippen LogP contribution in [0.3, 0.4) is 0 Å². The normalized spacial score (nSPS) is 10.2. The standard InChI is InChI=1S/C14H20N4O2S/c1-3-18(8-12(19)16-2)9-13(20)17-11-7-5-4-6-10(11)14(15)21/h4-7H,3,8-9H2,1-2H3,(H2,15,21)(H,16,19)(H,17,20). The monoisotopic (exact) mass is 308 g/mol. The summed E-state index contributed by atoms with van der Waals surface area (Å²) in [5.41, 5.74) is 6.81. The van der Waals surface area contributed by atoms with E-state index in [-0.39, 0.29) is 29.9 Å². The lowest BCUT2D eigenvalue weighted by Crippen LogP contribution is -2.40. The van der Waals surface area contributed by atoms with E-state index >= 15 is 0 Å². The Morgan fingerprint density at radius 2 is 1.86 bits per heavy atom. The molecule has 0 spiro atoms. The number of rotatable bonds is 7. The van der Waals surface area contributed by atoms with Gasteiger partial charge in [-0.3, -0.25) is 14.5 Å². The fraction of sp³-hybridized carbons (Fsp3) is 0.357. The lowest BCUT2D eigenvalue weighted by atomic mass is 10.2. The number of amides is 2. The van der Waals surface area contributed by atoms with Gasteiger partial charge in [-0.15, -0.1) is 0 Å². The first kappa shape index (κ1) is 17.1. The summed E-state index contributed by atoms with van der Waals surface area (Å²) in [5.74, 6) is -0.349. The van der Waals surface area contributed by atoms with Crippen molar-refractivity contribution in [2.45, 2.75) is 6.92 Å². The highest BCUT2D eigenvalue weighted by molar-refractivity contribution is 7.80. The molecule has 0 atom stereocenters. The van der Waals surface area contributed by atoms with Crippen molar-refractivity contribution in [2.24, 2.45) is 5.73 Å². The van der Waals surface area contributed by atoms with Crippen molar-refractivity contribution in [3.8, 4) is 0 Å². The van der Waals surface area contributed by atoms with Gasteiger partial charge in [0.05, 0.1) is 18.8 Å². The lowest BCUT2D eigenvalue weighted by Gasteiger charge is -2.19. The van der Waals surface area contributed by atoms with Crippen LogP contribution < -0.4 is 16.4 Å². The van der Waals surface area contributed by atoms with Crippen molar-refractivity contribution < 1.29 is 9.59 Å². The number of carbonyl (C=O) groups is 2. The van der Waals surface area contributed by atoms with Crippen LogP contribution in [0.5, 0.6) is 0 Å². The minimum absolute atomic E-state index is 0.121. The summed E-state index contributed by atoms with van der Waals surface area (Å²) in [6.45, 7) is 2.78. The number of hydrogen-bond donors (Lipinski definition) is 3. The molecule has 0 heterocycles. The van der Waals surface area contributed by atoms with Gasteiger partial charge in [0.2, 0.25) is 11.8 Å². The molecule has 1 rings (SSSR count). The molecule has 7 heteroatoms. The van der Waals surface area contributed by atoms with Crippen molar-refractivity contribution in [1.29, 1.82) is 0 Å². The summed E-state index contributed by atoms with van der Waals surface area (Å²) in [6, 6.07) is 7.08. The Labute approximate surface area is 129 Å². The molecular weight excluding hydrogens is 288 g/mol. The molecular formula is C14H20N4O2S. The number of nitrogens with zero attached hydrogens (tertiary/aromatic N) is 1. The lowest BCUT2D eigenvalue weighted by molar-refractivity contribution is -0.123. The van der Waals surface area contributed by atoms with E-state index in [9.17, 15) is 9.59 Å². The Morgan fingerprint density at radius 3 is 2.43 bits per heavy atom. The van der Waals surface area contributed by atoms with Gasteiger partial charge in [-0.1, -0.05) is 31.3 Å². The highest BCUT2D eigenvalue weighted by Crippen LogP contribution is 2.14. The van der Waals surface area contributed by atoms with Crippen LogP contribution in [0, 0.1) is 0 Å². The average Bonchev–Trinajstić information content (AvgIpc) is 2.46. The zero-order chi connectivity index (χ0) is 15.8. The Balaban J connectivity index is 2.69. The maximum Gasteiger partial charge on any atom is 0.238 e. The van der Waals surface area contributed by atoms with Crippen LogP contribution in [0.15, 0.2) is 24.3 Å². The smallest absolute Gasteiger partial charge is 0.238 e. The van der Waals surface area contributed by atoms with E-state index in [4.69, 9.17) is 18.0 Å². The first-order valence-electron chi connectivity index (χ1n) is 6.59. The van der Waals surface area contributed by atoms with E-state index in [1.807, 2.05) is 6.92 Å². The topological polar surface area (TPSA) is 87.5 Å². The molecule has 2 amide bonds. The van der Waals surface area contributed by atoms with Crippen molar-refractivity contribution in [3.63, 3.8) is 0 Å². The SMILES string of the molecule is CCN(CC(=O)NC)CC(=O)Nc1ccccc1C(N)=S. The molecule has 0 aromatic heterocycles. The van der Waals surface area contributed by atoms with Crippen LogP contribution in [0.2, 0.25) is 0 Å². The number of nitrogens with one attached hydrogen (secondary N) is 2. The fourth-order valence-corrected chi connectivity index (χ4v) is 1.94. The molecule has 0 fully saturated rings. The second kappa shape index (κ2) is 8.33. The van der Waals surface area contributed by atoms with E-state index in [2.05, 4.69) is 10.6 Å². The first-order valence-corrected chi connectivity index (χ1v) is 7.00. The quantitative estimate of drug-likeness (QED) is 0.632. The molecule has 0 saturated heterocycles. The van der Waals surface area contributed by atoms with E-state index in [1.165, 1.54) is 0 Å². The van der Waals surface area contributed by atoms with Gasteiger partial charge in [-0.25, -0.2) is 0 Å². The minimum Gasteiger partial charge on any atom is -0.389 e. The highest BCUT2D eigenvalue weighted by atomic mass is 32.1. The molecule has 114 valence electrons. The second-order valence-corrected chi connectivity index (χ2v) is 4.87. The predicted octanol–water partition coefficient (Wildman–Crippen LogP) is 0.327. The van der Waals surface area contributed by atoms with Gasteiger partial charge in [0.15, 0.2) is 0 Å². The molecule has 4 N–H and O–H groups in total. The molecule has 0 saturated carbocycles. The summed E-state index contributed by atoms with van der Waals surface area (Å²) in [4.78, 5) is 25.4. The summed E-state index contributed by atoms with van der Waals surface area (Å²) in [5, 5.41) is 5.30. The molecule has 0 unspecified atom stereocenters. The minimum atomic E-state index is -0.218. The third-order valence-electron chi connectivity index (χ3n) is 2.93. The molecule has 1 aromatic rings. The Bertz CT molecular complexity index is 533. The largest absolute Gasteiger partial charge is 0.389 e. The van der Waals surface area contributed by atoms with Crippen LogP contribution in [-0.2, 0) is 9.59 Å². The third-order valence-corrected chi connectivity index (χ3v) is 3.15. The van der Waals surface area contributed by atoms with Crippen LogP contribution in [0.4, 0.5) is 5.69 Å². The molecule has 6 nitrogen and oxygen atoms in total. The number of hydrogen-bond acceptors (Lipinski definition) is 4. The Kier molecular flexibility index (Phi) is 6.77. The maximum atomic E-state index is 12.1. The molecule has 0 aliphatic heterocycles. The zero-order valence-electron chi connectivity index (χ0n) is 12.2. The predicted molar refractivity (Wildman–Crippen MR) is 87.1 cm³/mol. The highest BCUT2D eigenvalue weighted by Gasteiger charge is 2.14. The summed E-state index contributed by atoms with van der Waals surface area (Å²) in [7, 11) is 1.56. The van der Waals surface area contributed by atoms with E-state index in [0.29, 0.717) is 17.8 Å². The number of thiocarbonyl (C=S) groups is 1. The molecule has 0 aliphatic carbocycles. The van der Waals surface area contributed by atoms with Crippen molar-refractivity contribution in [2.75, 3.05) is 32.0 Å². The van der Waals surface area contributed by atoms with Gasteiger partial charge in [0.1, 0.15) is 4.99 Å². The number of benzene rings is 1. The van der Waals surface area contributed by atoms with Crippen molar-refractivity contribution in [1.82, 2.24) is 10.2 Å².